The van der Waals surface area contributed by atoms with Crippen molar-refractivity contribution in [3.05, 3.63) is 11.9 Å². The van der Waals surface area contributed by atoms with Crippen molar-refractivity contribution in [2.45, 2.75) is 6.92 Å². The summed E-state index contributed by atoms with van der Waals surface area (Å²) in [5.41, 5.74) is 0. The quantitative estimate of drug-likeness (QED) is 0.462. The SMILES string of the molecule is C=[P+](C)C=CCOC(C)=O. The Kier molecular flexibility index (Phi) is 4.87. The number of hydrogen-bond donors (Lipinski definition) is 0. The number of hydrogen-bond acceptors (Lipinski definition) is 2. The summed E-state index contributed by atoms with van der Waals surface area (Å²) >= 11 is 0. The van der Waals surface area contributed by atoms with Gasteiger partial charge in [-0.05, 0) is 6.08 Å². The second-order valence-electron chi connectivity index (χ2n) is 1.94. The Morgan fingerprint density at radius 1 is 1.80 bits per heavy atom. The van der Waals surface area contributed by atoms with Crippen LogP contribution in [0.2, 0.25) is 0 Å². The van der Waals surface area contributed by atoms with Gasteiger partial charge in [0.15, 0.2) is 0 Å². The van der Waals surface area contributed by atoms with Crippen LogP contribution in [-0.2, 0) is 9.53 Å². The van der Waals surface area contributed by atoms with Crippen molar-refractivity contribution in [2.24, 2.45) is 0 Å². The third kappa shape index (κ3) is 7.38. The molecule has 0 aliphatic rings. The minimum atomic E-state index is -0.253. The van der Waals surface area contributed by atoms with Gasteiger partial charge in [-0.1, -0.05) is 0 Å². The minimum absolute atomic E-state index is 0.242. The molecule has 0 aromatic heterocycles. The van der Waals surface area contributed by atoms with Gasteiger partial charge in [0.05, 0.1) is 6.30 Å². The first-order valence-corrected chi connectivity index (χ1v) is 5.00. The first-order valence-electron chi connectivity index (χ1n) is 2.96. The van der Waals surface area contributed by atoms with Crippen molar-refractivity contribution < 1.29 is 9.53 Å². The summed E-state index contributed by atoms with van der Waals surface area (Å²) < 4.78 is 4.65. The molecule has 0 fully saturated rings. The standard InChI is InChI=1S/C7H12O2P/c1-7(8)9-5-4-6-10(2)3/h4,6H,2,5H2,1,3H3/q+1. The summed E-state index contributed by atoms with van der Waals surface area (Å²) in [7, 11) is -0.253. The summed E-state index contributed by atoms with van der Waals surface area (Å²) in [6.45, 7) is 3.80. The van der Waals surface area contributed by atoms with Gasteiger partial charge in [0.1, 0.15) is 26.6 Å². The molecule has 10 heavy (non-hydrogen) atoms. The molecule has 56 valence electrons. The van der Waals surface area contributed by atoms with E-state index in [2.05, 4.69) is 11.0 Å². The fourth-order valence-electron chi connectivity index (χ4n) is 0.388. The molecule has 0 saturated heterocycles. The lowest BCUT2D eigenvalue weighted by molar-refractivity contribution is -0.139. The van der Waals surface area contributed by atoms with Crippen molar-refractivity contribution in [2.75, 3.05) is 13.3 Å². The van der Waals surface area contributed by atoms with Crippen LogP contribution in [0.5, 0.6) is 0 Å². The molecule has 0 N–H and O–H groups in total. The molecule has 1 atom stereocenters. The third-order valence-corrected chi connectivity index (χ3v) is 1.46. The number of carbonyl (C=O) groups excluding carboxylic acids is 1. The van der Waals surface area contributed by atoms with Crippen LogP contribution in [0.1, 0.15) is 6.92 Å². The smallest absolute Gasteiger partial charge is 0.302 e. The van der Waals surface area contributed by atoms with Crippen LogP contribution < -0.4 is 0 Å². The van der Waals surface area contributed by atoms with Gasteiger partial charge in [-0.3, -0.25) is 4.79 Å². The van der Waals surface area contributed by atoms with Crippen LogP contribution in [0, 0.1) is 0 Å². The lowest BCUT2D eigenvalue weighted by atomic mass is 10.7. The molecule has 0 spiro atoms. The molecule has 0 aromatic carbocycles. The summed E-state index contributed by atoms with van der Waals surface area (Å²) in [6.07, 6.45) is 5.61. The zero-order valence-corrected chi connectivity index (χ0v) is 7.23. The fourth-order valence-corrected chi connectivity index (χ4v) is 0.834. The lowest BCUT2D eigenvalue weighted by Gasteiger charge is -1.91. The van der Waals surface area contributed by atoms with Crippen molar-refractivity contribution in [3.63, 3.8) is 0 Å². The average molecular weight is 159 g/mol. The van der Waals surface area contributed by atoms with E-state index >= 15 is 0 Å². The maximum absolute atomic E-state index is 10.2. The van der Waals surface area contributed by atoms with Crippen LogP contribution in [0.3, 0.4) is 0 Å². The van der Waals surface area contributed by atoms with Crippen molar-refractivity contribution in [3.8, 4) is 0 Å². The summed E-state index contributed by atoms with van der Waals surface area (Å²) in [6, 6.07) is 0. The highest BCUT2D eigenvalue weighted by molar-refractivity contribution is 7.58. The molecule has 0 heterocycles. The number of carbonyl (C=O) groups is 1. The Morgan fingerprint density at radius 2 is 2.40 bits per heavy atom. The maximum Gasteiger partial charge on any atom is 0.302 e. The van der Waals surface area contributed by atoms with E-state index in [1.807, 2.05) is 18.6 Å². The number of ether oxygens (including phenoxy) is 1. The van der Waals surface area contributed by atoms with E-state index < -0.39 is 0 Å². The summed E-state index contributed by atoms with van der Waals surface area (Å²) in [5, 5.41) is 0. The van der Waals surface area contributed by atoms with Gasteiger partial charge in [0.25, 0.3) is 0 Å². The molecule has 0 aliphatic heterocycles. The second-order valence-corrected chi connectivity index (χ2v) is 3.76. The summed E-state index contributed by atoms with van der Waals surface area (Å²) in [5.74, 6) is 1.72. The van der Waals surface area contributed by atoms with Gasteiger partial charge in [-0.2, -0.15) is 0 Å². The first kappa shape index (κ1) is 9.38. The molecule has 0 rings (SSSR count). The molecule has 0 radical (unpaired) electrons. The first-order chi connectivity index (χ1) is 4.63. The molecular weight excluding hydrogens is 147 g/mol. The van der Waals surface area contributed by atoms with E-state index in [-0.39, 0.29) is 13.5 Å². The molecule has 0 bridgehead atoms. The van der Waals surface area contributed by atoms with E-state index in [9.17, 15) is 4.79 Å². The van der Waals surface area contributed by atoms with Gasteiger partial charge < -0.3 is 4.74 Å². The maximum atomic E-state index is 10.2. The predicted molar refractivity (Wildman–Crippen MR) is 45.7 cm³/mol. The van der Waals surface area contributed by atoms with E-state index in [1.165, 1.54) is 6.92 Å². The normalized spacial score (nSPS) is 11.6. The minimum Gasteiger partial charge on any atom is -0.461 e. The van der Waals surface area contributed by atoms with Gasteiger partial charge in [0, 0.05) is 6.92 Å². The molecule has 2 nitrogen and oxygen atoms in total. The number of esters is 1. The number of rotatable bonds is 3. The zero-order valence-electron chi connectivity index (χ0n) is 6.33. The van der Waals surface area contributed by atoms with Crippen molar-refractivity contribution in [1.29, 1.82) is 0 Å². The predicted octanol–water partition coefficient (Wildman–Crippen LogP) is 1.61. The Balaban J connectivity index is 3.36. The highest BCUT2D eigenvalue weighted by Gasteiger charge is 1.89. The molecule has 1 unspecified atom stereocenters. The monoisotopic (exact) mass is 159 g/mol. The highest BCUT2D eigenvalue weighted by atomic mass is 31.1. The van der Waals surface area contributed by atoms with E-state index in [0.29, 0.717) is 6.61 Å². The molecular formula is C7H12O2P+. The molecule has 0 aliphatic carbocycles. The Bertz CT molecular complexity index is 161. The second kappa shape index (κ2) is 5.19. The Hall–Kier alpha value is -0.620. The van der Waals surface area contributed by atoms with Crippen LogP contribution >= 0.6 is 7.55 Å². The zero-order chi connectivity index (χ0) is 7.98. The van der Waals surface area contributed by atoms with Gasteiger partial charge in [0.2, 0.25) is 0 Å². The average Bonchev–Trinajstić information content (AvgIpc) is 1.79. The van der Waals surface area contributed by atoms with Crippen LogP contribution in [0.25, 0.3) is 0 Å². The molecule has 3 heteroatoms. The topological polar surface area (TPSA) is 26.3 Å². The van der Waals surface area contributed by atoms with Crippen LogP contribution in [0.15, 0.2) is 11.9 Å². The van der Waals surface area contributed by atoms with Gasteiger partial charge in [-0.25, -0.2) is 0 Å². The fraction of sp³-hybridized carbons (Fsp3) is 0.429. The van der Waals surface area contributed by atoms with Crippen LogP contribution in [-0.4, -0.2) is 25.5 Å². The van der Waals surface area contributed by atoms with Gasteiger partial charge in [-0.15, -0.1) is 0 Å². The van der Waals surface area contributed by atoms with Crippen LogP contribution in [0.4, 0.5) is 0 Å². The van der Waals surface area contributed by atoms with Crippen molar-refractivity contribution in [1.82, 2.24) is 0 Å². The molecule has 0 aromatic rings. The Labute approximate surface area is 62.3 Å². The third-order valence-electron chi connectivity index (χ3n) is 0.743. The largest absolute Gasteiger partial charge is 0.461 e. The lowest BCUT2D eigenvalue weighted by Crippen LogP contribution is -1.96. The van der Waals surface area contributed by atoms with E-state index in [0.717, 1.165) is 0 Å². The summed E-state index contributed by atoms with van der Waals surface area (Å²) in [4.78, 5) is 10.2. The Morgan fingerprint density at radius 3 is 2.80 bits per heavy atom. The van der Waals surface area contributed by atoms with Crippen molar-refractivity contribution >= 4 is 19.8 Å². The molecule has 0 amide bonds. The van der Waals surface area contributed by atoms with Gasteiger partial charge >= 0.3 is 5.97 Å². The highest BCUT2D eigenvalue weighted by Crippen LogP contribution is 2.13. The molecule has 0 saturated carbocycles. The van der Waals surface area contributed by atoms with E-state index in [4.69, 9.17) is 0 Å². The van der Waals surface area contributed by atoms with E-state index in [1.54, 1.807) is 0 Å².